The van der Waals surface area contributed by atoms with Gasteiger partial charge in [-0.15, -0.1) is 0 Å². The molecule has 8 nitrogen and oxygen atoms in total. The summed E-state index contributed by atoms with van der Waals surface area (Å²) in [5.74, 6) is -4.24. The predicted octanol–water partition coefficient (Wildman–Crippen LogP) is -0.154. The van der Waals surface area contributed by atoms with Crippen LogP contribution in [0.15, 0.2) is 18.5 Å². The Kier molecular flexibility index (Phi) is 6.02. The average molecular weight is 335 g/mol. The Hall–Kier alpha value is -2.69. The molecule has 1 rings (SSSR count). The van der Waals surface area contributed by atoms with E-state index < -0.39 is 42.3 Å². The number of rotatable bonds is 5. The molecule has 0 bridgehead atoms. The Morgan fingerprint density at radius 1 is 1.39 bits per heavy atom. The van der Waals surface area contributed by atoms with Gasteiger partial charge in [0.2, 0.25) is 0 Å². The van der Waals surface area contributed by atoms with E-state index in [0.29, 0.717) is 0 Å². The van der Waals surface area contributed by atoms with Gasteiger partial charge < -0.3 is 20.5 Å². The number of anilines is 1. The minimum absolute atomic E-state index is 0.375. The number of methoxy groups -OCH3 is 1. The smallest absolute Gasteiger partial charge is 0.467 e. The number of hydrogen-bond acceptors (Lipinski definition) is 6. The number of hydrogen-bond donors (Lipinski definition) is 3. The van der Waals surface area contributed by atoms with Gasteiger partial charge in [0.1, 0.15) is 0 Å². The summed E-state index contributed by atoms with van der Waals surface area (Å²) in [5, 5.41) is 12.6. The summed E-state index contributed by atoms with van der Waals surface area (Å²) < 4.78 is 41.1. The highest BCUT2D eigenvalue weighted by atomic mass is 19.4. The molecule has 126 valence electrons. The minimum atomic E-state index is -5.15. The van der Waals surface area contributed by atoms with Crippen molar-refractivity contribution in [2.45, 2.75) is 12.2 Å². The molecule has 0 unspecified atom stereocenters. The number of carbonyl (C=O) groups excluding carboxylic acids is 3. The zero-order chi connectivity index (χ0) is 17.6. The SMILES string of the molecule is COC(=O)[C@H](CO)NC(=O)c1ccncc1NC(=O)C(F)(F)F. The lowest BCUT2D eigenvalue weighted by molar-refractivity contribution is -0.167. The van der Waals surface area contributed by atoms with Crippen molar-refractivity contribution in [3.63, 3.8) is 0 Å². The standard InChI is InChI=1S/C12H12F3N3O5/c1-23-10(21)8(5-19)17-9(20)6-2-3-16-4-7(6)18-11(22)12(13,14)15/h2-4,8,19H,5H2,1H3,(H,17,20)(H,18,22)/t8-/m0/s1. The van der Waals surface area contributed by atoms with Gasteiger partial charge in [-0.05, 0) is 6.07 Å². The van der Waals surface area contributed by atoms with Gasteiger partial charge in [0.25, 0.3) is 5.91 Å². The van der Waals surface area contributed by atoms with Crippen LogP contribution < -0.4 is 10.6 Å². The molecule has 1 heterocycles. The first-order chi connectivity index (χ1) is 10.7. The summed E-state index contributed by atoms with van der Waals surface area (Å²) >= 11 is 0. The van der Waals surface area contributed by atoms with Gasteiger partial charge in [-0.2, -0.15) is 13.2 Å². The summed E-state index contributed by atoms with van der Waals surface area (Å²) in [6, 6.07) is -0.376. The lowest BCUT2D eigenvalue weighted by Gasteiger charge is -2.16. The van der Waals surface area contributed by atoms with E-state index in [1.165, 1.54) is 5.32 Å². The lowest BCUT2D eigenvalue weighted by Crippen LogP contribution is -2.44. The Bertz CT molecular complexity index is 606. The molecular weight excluding hydrogens is 323 g/mol. The Morgan fingerprint density at radius 2 is 2.04 bits per heavy atom. The van der Waals surface area contributed by atoms with E-state index in [0.717, 1.165) is 25.6 Å². The number of amides is 2. The van der Waals surface area contributed by atoms with Crippen molar-refractivity contribution in [3.05, 3.63) is 24.0 Å². The second kappa shape index (κ2) is 7.54. The van der Waals surface area contributed by atoms with Crippen LogP contribution in [0.25, 0.3) is 0 Å². The molecular formula is C12H12F3N3O5. The summed E-state index contributed by atoms with van der Waals surface area (Å²) in [5.41, 5.74) is -0.881. The molecule has 0 aliphatic carbocycles. The van der Waals surface area contributed by atoms with Gasteiger partial charge in [0.15, 0.2) is 6.04 Å². The third kappa shape index (κ3) is 4.92. The number of halogens is 3. The van der Waals surface area contributed by atoms with Crippen LogP contribution in [0.5, 0.6) is 0 Å². The van der Waals surface area contributed by atoms with Crippen LogP contribution in [-0.4, -0.2) is 53.8 Å². The summed E-state index contributed by atoms with van der Waals surface area (Å²) in [6.45, 7) is -0.784. The first-order valence-electron chi connectivity index (χ1n) is 6.02. The quantitative estimate of drug-likeness (QED) is 0.644. The molecule has 0 saturated carbocycles. The molecule has 0 fully saturated rings. The number of aliphatic hydroxyl groups is 1. The second-order valence-corrected chi connectivity index (χ2v) is 4.10. The molecule has 3 N–H and O–H groups in total. The number of ether oxygens (including phenoxy) is 1. The summed E-state index contributed by atoms with van der Waals surface area (Å²) in [7, 11) is 1.03. The van der Waals surface area contributed by atoms with Gasteiger partial charge in [0.05, 0.1) is 31.2 Å². The molecule has 0 aliphatic heterocycles. The molecule has 23 heavy (non-hydrogen) atoms. The number of aromatic nitrogens is 1. The van der Waals surface area contributed by atoms with E-state index in [2.05, 4.69) is 15.0 Å². The highest BCUT2D eigenvalue weighted by molar-refractivity contribution is 6.05. The maximum atomic E-state index is 12.3. The highest BCUT2D eigenvalue weighted by Gasteiger charge is 2.39. The molecule has 1 aromatic rings. The fourth-order valence-electron chi connectivity index (χ4n) is 1.44. The zero-order valence-corrected chi connectivity index (χ0v) is 11.7. The number of nitrogens with zero attached hydrogens (tertiary/aromatic N) is 1. The first-order valence-corrected chi connectivity index (χ1v) is 6.02. The van der Waals surface area contributed by atoms with Gasteiger partial charge in [-0.1, -0.05) is 0 Å². The fourth-order valence-corrected chi connectivity index (χ4v) is 1.44. The van der Waals surface area contributed by atoms with Crippen LogP contribution in [0.4, 0.5) is 18.9 Å². The monoisotopic (exact) mass is 335 g/mol. The van der Waals surface area contributed by atoms with Crippen molar-refractivity contribution in [1.29, 1.82) is 0 Å². The molecule has 0 aliphatic rings. The normalized spacial score (nSPS) is 12.2. The topological polar surface area (TPSA) is 118 Å². The fraction of sp³-hybridized carbons (Fsp3) is 0.333. The molecule has 11 heteroatoms. The number of carbonyl (C=O) groups is 3. The zero-order valence-electron chi connectivity index (χ0n) is 11.7. The first kappa shape index (κ1) is 18.4. The molecule has 2 amide bonds. The van der Waals surface area contributed by atoms with Gasteiger partial charge in [0, 0.05) is 6.20 Å². The maximum Gasteiger partial charge on any atom is 0.471 e. The van der Waals surface area contributed by atoms with E-state index >= 15 is 0 Å². The Morgan fingerprint density at radius 3 is 2.57 bits per heavy atom. The van der Waals surface area contributed by atoms with Gasteiger partial charge >= 0.3 is 18.1 Å². The van der Waals surface area contributed by atoms with Crippen molar-refractivity contribution in [1.82, 2.24) is 10.3 Å². The Labute approximate surface area is 127 Å². The third-order valence-corrected chi connectivity index (χ3v) is 2.54. The van der Waals surface area contributed by atoms with Crippen LogP contribution in [-0.2, 0) is 14.3 Å². The van der Waals surface area contributed by atoms with Crippen LogP contribution in [0.1, 0.15) is 10.4 Å². The summed E-state index contributed by atoms with van der Waals surface area (Å²) in [4.78, 5) is 37.7. The van der Waals surface area contributed by atoms with Crippen molar-refractivity contribution in [3.8, 4) is 0 Å². The van der Waals surface area contributed by atoms with Crippen LogP contribution >= 0.6 is 0 Å². The Balaban J connectivity index is 2.98. The van der Waals surface area contributed by atoms with Crippen LogP contribution in [0, 0.1) is 0 Å². The predicted molar refractivity (Wildman–Crippen MR) is 69.3 cm³/mol. The number of alkyl halides is 3. The second-order valence-electron chi connectivity index (χ2n) is 4.10. The van der Waals surface area contributed by atoms with Crippen LogP contribution in [0.2, 0.25) is 0 Å². The van der Waals surface area contributed by atoms with Gasteiger partial charge in [-0.3, -0.25) is 14.6 Å². The van der Waals surface area contributed by atoms with Crippen molar-refractivity contribution >= 4 is 23.5 Å². The number of esters is 1. The molecule has 0 aromatic carbocycles. The van der Waals surface area contributed by atoms with E-state index in [-0.39, 0.29) is 5.56 Å². The van der Waals surface area contributed by atoms with E-state index in [4.69, 9.17) is 5.11 Å². The number of pyridine rings is 1. The summed E-state index contributed by atoms with van der Waals surface area (Å²) in [6.07, 6.45) is -3.21. The van der Waals surface area contributed by atoms with Crippen LogP contribution in [0.3, 0.4) is 0 Å². The van der Waals surface area contributed by atoms with Crippen molar-refractivity contribution in [2.75, 3.05) is 19.0 Å². The van der Waals surface area contributed by atoms with E-state index in [1.54, 1.807) is 0 Å². The van der Waals surface area contributed by atoms with E-state index in [1.807, 2.05) is 0 Å². The van der Waals surface area contributed by atoms with Crippen molar-refractivity contribution in [2.24, 2.45) is 0 Å². The lowest BCUT2D eigenvalue weighted by atomic mass is 10.2. The third-order valence-electron chi connectivity index (χ3n) is 2.54. The highest BCUT2D eigenvalue weighted by Crippen LogP contribution is 2.20. The molecule has 1 atom stereocenters. The molecule has 1 aromatic heterocycles. The van der Waals surface area contributed by atoms with Gasteiger partial charge in [-0.25, -0.2) is 4.79 Å². The number of nitrogens with one attached hydrogen (secondary N) is 2. The number of aliphatic hydroxyl groups excluding tert-OH is 1. The molecule has 0 radical (unpaired) electrons. The van der Waals surface area contributed by atoms with Crippen molar-refractivity contribution < 1.29 is 37.4 Å². The largest absolute Gasteiger partial charge is 0.471 e. The maximum absolute atomic E-state index is 12.3. The van der Waals surface area contributed by atoms with E-state index in [9.17, 15) is 27.6 Å². The average Bonchev–Trinajstić information content (AvgIpc) is 2.51. The molecule has 0 spiro atoms. The minimum Gasteiger partial charge on any atom is -0.467 e. The molecule has 0 saturated heterocycles.